The van der Waals surface area contributed by atoms with Crippen LogP contribution in [0.5, 0.6) is 5.75 Å². The zero-order valence-corrected chi connectivity index (χ0v) is 14.0. The molecule has 3 nitrogen and oxygen atoms in total. The van der Waals surface area contributed by atoms with Crippen LogP contribution in [-0.2, 0) is 4.79 Å². The molecule has 0 saturated heterocycles. The Morgan fingerprint density at radius 1 is 1.04 bits per heavy atom. The topological polar surface area (TPSA) is 38.3 Å². The van der Waals surface area contributed by atoms with Crippen LogP contribution in [0, 0.1) is 6.92 Å². The Bertz CT molecular complexity index is 852. The number of carbonyl (C=O) groups excluding carboxylic acids is 1. The number of carbonyl (C=O) groups is 1. The van der Waals surface area contributed by atoms with Crippen molar-refractivity contribution in [2.45, 2.75) is 26.4 Å². The second-order valence-electron chi connectivity index (χ2n) is 5.85. The SMILES string of the molecule is CC[C@@H](Oc1cccc(C)c1)C(=O)Nc1cccc2ccccc12. The van der Waals surface area contributed by atoms with Crippen LogP contribution < -0.4 is 10.1 Å². The zero-order chi connectivity index (χ0) is 16.9. The molecule has 0 aromatic heterocycles. The molecular formula is C21H21NO2. The molecule has 3 aromatic rings. The van der Waals surface area contributed by atoms with Crippen molar-refractivity contribution in [1.82, 2.24) is 0 Å². The summed E-state index contributed by atoms with van der Waals surface area (Å²) in [7, 11) is 0. The Morgan fingerprint density at radius 3 is 2.58 bits per heavy atom. The number of ether oxygens (including phenoxy) is 1. The molecule has 1 N–H and O–H groups in total. The molecule has 0 aliphatic carbocycles. The summed E-state index contributed by atoms with van der Waals surface area (Å²) in [6.07, 6.45) is 0.0793. The van der Waals surface area contributed by atoms with Gasteiger partial charge >= 0.3 is 0 Å². The molecule has 0 aliphatic heterocycles. The number of amides is 1. The average molecular weight is 319 g/mol. The summed E-state index contributed by atoms with van der Waals surface area (Å²) >= 11 is 0. The Hall–Kier alpha value is -2.81. The number of aryl methyl sites for hydroxylation is 1. The molecule has 1 amide bonds. The molecule has 24 heavy (non-hydrogen) atoms. The van der Waals surface area contributed by atoms with Gasteiger partial charge in [0.05, 0.1) is 0 Å². The van der Waals surface area contributed by atoms with E-state index in [4.69, 9.17) is 4.74 Å². The molecule has 3 heteroatoms. The number of nitrogens with one attached hydrogen (secondary N) is 1. The van der Waals surface area contributed by atoms with Crippen LogP contribution >= 0.6 is 0 Å². The maximum Gasteiger partial charge on any atom is 0.265 e. The Morgan fingerprint density at radius 2 is 1.79 bits per heavy atom. The molecule has 0 bridgehead atoms. The third-order valence-corrected chi connectivity index (χ3v) is 3.98. The van der Waals surface area contributed by atoms with Crippen molar-refractivity contribution >= 4 is 22.4 Å². The molecule has 0 unspecified atom stereocenters. The molecule has 0 aliphatic rings. The monoisotopic (exact) mass is 319 g/mol. The van der Waals surface area contributed by atoms with Gasteiger partial charge in [-0.1, -0.05) is 55.5 Å². The van der Waals surface area contributed by atoms with E-state index in [0.717, 1.165) is 27.8 Å². The van der Waals surface area contributed by atoms with Crippen LogP contribution in [0.1, 0.15) is 18.9 Å². The minimum Gasteiger partial charge on any atom is -0.481 e. The molecular weight excluding hydrogens is 298 g/mol. The summed E-state index contributed by atoms with van der Waals surface area (Å²) in [5.74, 6) is 0.588. The van der Waals surface area contributed by atoms with Gasteiger partial charge in [-0.3, -0.25) is 4.79 Å². The van der Waals surface area contributed by atoms with E-state index in [1.807, 2.05) is 80.6 Å². The normalized spacial score (nSPS) is 11.9. The largest absolute Gasteiger partial charge is 0.481 e. The average Bonchev–Trinajstić information content (AvgIpc) is 2.60. The molecule has 0 heterocycles. The highest BCUT2D eigenvalue weighted by Crippen LogP contribution is 2.24. The molecule has 0 fully saturated rings. The quantitative estimate of drug-likeness (QED) is 0.723. The van der Waals surface area contributed by atoms with Gasteiger partial charge in [-0.05, 0) is 42.5 Å². The molecule has 3 aromatic carbocycles. The molecule has 0 radical (unpaired) electrons. The highest BCUT2D eigenvalue weighted by Gasteiger charge is 2.19. The highest BCUT2D eigenvalue weighted by molar-refractivity contribution is 6.03. The smallest absolute Gasteiger partial charge is 0.265 e. The van der Waals surface area contributed by atoms with Gasteiger partial charge in [0, 0.05) is 11.1 Å². The summed E-state index contributed by atoms with van der Waals surface area (Å²) in [6.45, 7) is 3.95. The molecule has 3 rings (SSSR count). The van der Waals surface area contributed by atoms with Crippen LogP contribution in [-0.4, -0.2) is 12.0 Å². The van der Waals surface area contributed by atoms with Gasteiger partial charge in [0.25, 0.3) is 5.91 Å². The van der Waals surface area contributed by atoms with Crippen molar-refractivity contribution in [2.75, 3.05) is 5.32 Å². The predicted octanol–water partition coefficient (Wildman–Crippen LogP) is 4.94. The van der Waals surface area contributed by atoms with Crippen LogP contribution in [0.2, 0.25) is 0 Å². The summed E-state index contributed by atoms with van der Waals surface area (Å²) < 4.78 is 5.88. The maximum atomic E-state index is 12.6. The lowest BCUT2D eigenvalue weighted by Gasteiger charge is -2.18. The predicted molar refractivity (Wildman–Crippen MR) is 98.5 cm³/mol. The second kappa shape index (κ2) is 7.18. The van der Waals surface area contributed by atoms with E-state index in [2.05, 4.69) is 5.32 Å². The lowest BCUT2D eigenvalue weighted by molar-refractivity contribution is -0.122. The van der Waals surface area contributed by atoms with Gasteiger partial charge < -0.3 is 10.1 Å². The number of fused-ring (bicyclic) bond motifs is 1. The summed E-state index contributed by atoms with van der Waals surface area (Å²) in [6, 6.07) is 21.6. The number of hydrogen-bond donors (Lipinski definition) is 1. The molecule has 0 saturated carbocycles. The lowest BCUT2D eigenvalue weighted by atomic mass is 10.1. The van der Waals surface area contributed by atoms with Gasteiger partial charge in [-0.15, -0.1) is 0 Å². The number of hydrogen-bond acceptors (Lipinski definition) is 2. The van der Waals surface area contributed by atoms with E-state index in [1.165, 1.54) is 0 Å². The van der Waals surface area contributed by atoms with Gasteiger partial charge in [0.1, 0.15) is 5.75 Å². The number of rotatable bonds is 5. The third kappa shape index (κ3) is 3.57. The fraction of sp³-hybridized carbons (Fsp3) is 0.190. The van der Waals surface area contributed by atoms with Crippen molar-refractivity contribution in [3.63, 3.8) is 0 Å². The first-order valence-electron chi connectivity index (χ1n) is 8.19. The van der Waals surface area contributed by atoms with E-state index < -0.39 is 6.10 Å². The Kier molecular flexibility index (Phi) is 4.80. The lowest BCUT2D eigenvalue weighted by Crippen LogP contribution is -2.32. The second-order valence-corrected chi connectivity index (χ2v) is 5.85. The first kappa shape index (κ1) is 16.1. The first-order valence-corrected chi connectivity index (χ1v) is 8.19. The standard InChI is InChI=1S/C21H21NO2/c1-3-20(24-17-11-6-8-15(2)14-17)21(23)22-19-13-7-10-16-9-4-5-12-18(16)19/h4-14,20H,3H2,1-2H3,(H,22,23)/t20-/m1/s1. The Labute approximate surface area is 142 Å². The molecule has 1 atom stereocenters. The highest BCUT2D eigenvalue weighted by atomic mass is 16.5. The summed E-state index contributed by atoms with van der Waals surface area (Å²) in [4.78, 5) is 12.6. The maximum absolute atomic E-state index is 12.6. The number of anilines is 1. The minimum absolute atomic E-state index is 0.129. The van der Waals surface area contributed by atoms with Crippen LogP contribution in [0.3, 0.4) is 0 Å². The van der Waals surface area contributed by atoms with Gasteiger partial charge in [-0.2, -0.15) is 0 Å². The first-order chi connectivity index (χ1) is 11.7. The van der Waals surface area contributed by atoms with E-state index in [0.29, 0.717) is 6.42 Å². The van der Waals surface area contributed by atoms with E-state index >= 15 is 0 Å². The van der Waals surface area contributed by atoms with Gasteiger partial charge in [-0.25, -0.2) is 0 Å². The van der Waals surface area contributed by atoms with Crippen LogP contribution in [0.25, 0.3) is 10.8 Å². The van der Waals surface area contributed by atoms with E-state index in [-0.39, 0.29) is 5.91 Å². The zero-order valence-electron chi connectivity index (χ0n) is 14.0. The van der Waals surface area contributed by atoms with Crippen molar-refractivity contribution in [1.29, 1.82) is 0 Å². The molecule has 122 valence electrons. The van der Waals surface area contributed by atoms with E-state index in [1.54, 1.807) is 0 Å². The van der Waals surface area contributed by atoms with Crippen molar-refractivity contribution < 1.29 is 9.53 Å². The van der Waals surface area contributed by atoms with Crippen molar-refractivity contribution in [3.8, 4) is 5.75 Å². The fourth-order valence-corrected chi connectivity index (χ4v) is 2.72. The molecule has 0 spiro atoms. The van der Waals surface area contributed by atoms with Crippen molar-refractivity contribution in [3.05, 3.63) is 72.3 Å². The minimum atomic E-state index is -0.522. The van der Waals surface area contributed by atoms with Crippen LogP contribution in [0.15, 0.2) is 66.7 Å². The summed E-state index contributed by atoms with van der Waals surface area (Å²) in [5, 5.41) is 5.13. The van der Waals surface area contributed by atoms with Crippen molar-refractivity contribution in [2.24, 2.45) is 0 Å². The number of benzene rings is 3. The van der Waals surface area contributed by atoms with Gasteiger partial charge in [0.2, 0.25) is 0 Å². The fourth-order valence-electron chi connectivity index (χ4n) is 2.72. The van der Waals surface area contributed by atoms with Crippen LogP contribution in [0.4, 0.5) is 5.69 Å². The third-order valence-electron chi connectivity index (χ3n) is 3.98. The van der Waals surface area contributed by atoms with E-state index in [9.17, 15) is 4.79 Å². The van der Waals surface area contributed by atoms with Gasteiger partial charge in [0.15, 0.2) is 6.10 Å². The summed E-state index contributed by atoms with van der Waals surface area (Å²) in [5.41, 5.74) is 1.92. The Balaban J connectivity index is 1.79.